The average Bonchev–Trinajstić information content (AvgIpc) is 2.85. The van der Waals surface area contributed by atoms with E-state index < -0.39 is 5.82 Å². The van der Waals surface area contributed by atoms with Crippen molar-refractivity contribution < 1.29 is 9.18 Å². The lowest BCUT2D eigenvalue weighted by Crippen LogP contribution is -2.25. The molecule has 1 amide bonds. The first kappa shape index (κ1) is 12.5. The number of rotatable bonds is 4. The highest BCUT2D eigenvalue weighted by molar-refractivity contribution is 7.09. The van der Waals surface area contributed by atoms with Crippen LogP contribution in [0, 0.1) is 5.82 Å². The lowest BCUT2D eigenvalue weighted by atomic mass is 10.2. The van der Waals surface area contributed by atoms with E-state index in [2.05, 4.69) is 10.3 Å². The average molecular weight is 265 g/mol. The summed E-state index contributed by atoms with van der Waals surface area (Å²) in [6.45, 7) is 0.471. The SMILES string of the molecule is Nc1ccc(C(=O)NCCc2nccs2)cc1F. The van der Waals surface area contributed by atoms with Gasteiger partial charge in [0.15, 0.2) is 0 Å². The molecule has 0 aliphatic carbocycles. The summed E-state index contributed by atoms with van der Waals surface area (Å²) in [6.07, 6.45) is 2.39. The number of thiazole rings is 1. The smallest absolute Gasteiger partial charge is 0.251 e. The number of hydrogen-bond donors (Lipinski definition) is 2. The van der Waals surface area contributed by atoms with Gasteiger partial charge >= 0.3 is 0 Å². The Morgan fingerprint density at radius 3 is 3.00 bits per heavy atom. The maximum atomic E-state index is 13.2. The molecule has 1 heterocycles. The predicted molar refractivity (Wildman–Crippen MR) is 69.0 cm³/mol. The van der Waals surface area contributed by atoms with Crippen molar-refractivity contribution in [3.05, 3.63) is 46.2 Å². The molecule has 3 N–H and O–H groups in total. The first-order valence-electron chi connectivity index (χ1n) is 5.38. The van der Waals surface area contributed by atoms with Gasteiger partial charge in [-0.25, -0.2) is 9.37 Å². The van der Waals surface area contributed by atoms with E-state index >= 15 is 0 Å². The molecule has 0 saturated heterocycles. The number of nitrogens with one attached hydrogen (secondary N) is 1. The minimum absolute atomic E-state index is 0.0364. The minimum Gasteiger partial charge on any atom is -0.396 e. The van der Waals surface area contributed by atoms with Crippen LogP contribution in [0.15, 0.2) is 29.8 Å². The summed E-state index contributed by atoms with van der Waals surface area (Å²) in [6, 6.07) is 4.01. The third kappa shape index (κ3) is 3.04. The molecule has 2 aromatic rings. The quantitative estimate of drug-likeness (QED) is 0.829. The molecule has 0 bridgehead atoms. The van der Waals surface area contributed by atoms with Crippen LogP contribution in [0.3, 0.4) is 0 Å². The number of benzene rings is 1. The van der Waals surface area contributed by atoms with Crippen molar-refractivity contribution in [2.24, 2.45) is 0 Å². The van der Waals surface area contributed by atoms with Crippen molar-refractivity contribution in [2.75, 3.05) is 12.3 Å². The van der Waals surface area contributed by atoms with Crippen molar-refractivity contribution in [3.8, 4) is 0 Å². The maximum absolute atomic E-state index is 13.2. The topological polar surface area (TPSA) is 68.0 Å². The molecule has 0 aliphatic rings. The molecule has 0 aliphatic heterocycles. The van der Waals surface area contributed by atoms with Gasteiger partial charge in [0, 0.05) is 30.1 Å². The van der Waals surface area contributed by atoms with Crippen LogP contribution in [0.1, 0.15) is 15.4 Å². The van der Waals surface area contributed by atoms with Gasteiger partial charge in [0.25, 0.3) is 5.91 Å². The maximum Gasteiger partial charge on any atom is 0.251 e. The molecule has 18 heavy (non-hydrogen) atoms. The van der Waals surface area contributed by atoms with Gasteiger partial charge in [0.05, 0.1) is 10.7 Å². The number of nitrogens with zero attached hydrogens (tertiary/aromatic N) is 1. The van der Waals surface area contributed by atoms with Gasteiger partial charge in [-0.3, -0.25) is 4.79 Å². The van der Waals surface area contributed by atoms with Gasteiger partial charge in [-0.2, -0.15) is 0 Å². The van der Waals surface area contributed by atoms with Gasteiger partial charge in [-0.15, -0.1) is 11.3 Å². The van der Waals surface area contributed by atoms with E-state index in [1.54, 1.807) is 6.20 Å². The fourth-order valence-corrected chi connectivity index (χ4v) is 2.05. The van der Waals surface area contributed by atoms with Crippen LogP contribution in [-0.2, 0) is 6.42 Å². The Balaban J connectivity index is 1.89. The summed E-state index contributed by atoms with van der Waals surface area (Å²) in [5.41, 5.74) is 5.64. The van der Waals surface area contributed by atoms with E-state index in [1.807, 2.05) is 5.38 Å². The number of anilines is 1. The Hall–Kier alpha value is -1.95. The summed E-state index contributed by atoms with van der Waals surface area (Å²) >= 11 is 1.54. The highest BCUT2D eigenvalue weighted by Crippen LogP contribution is 2.11. The van der Waals surface area contributed by atoms with Gasteiger partial charge in [0.1, 0.15) is 5.82 Å². The number of nitrogen functional groups attached to an aromatic ring is 1. The number of aromatic nitrogens is 1. The minimum atomic E-state index is -0.581. The van der Waals surface area contributed by atoms with Gasteiger partial charge < -0.3 is 11.1 Å². The Morgan fingerprint density at radius 2 is 2.33 bits per heavy atom. The Bertz CT molecular complexity index is 542. The highest BCUT2D eigenvalue weighted by Gasteiger charge is 2.08. The number of carbonyl (C=O) groups excluding carboxylic acids is 1. The molecule has 94 valence electrons. The van der Waals surface area contributed by atoms with Gasteiger partial charge in [-0.05, 0) is 18.2 Å². The lowest BCUT2D eigenvalue weighted by Gasteiger charge is -2.05. The van der Waals surface area contributed by atoms with Crippen LogP contribution in [-0.4, -0.2) is 17.4 Å². The molecule has 1 aromatic heterocycles. The van der Waals surface area contributed by atoms with Gasteiger partial charge in [0.2, 0.25) is 0 Å². The lowest BCUT2D eigenvalue weighted by molar-refractivity contribution is 0.0953. The van der Waals surface area contributed by atoms with E-state index in [9.17, 15) is 9.18 Å². The van der Waals surface area contributed by atoms with Crippen LogP contribution in [0.2, 0.25) is 0 Å². The van der Waals surface area contributed by atoms with E-state index in [0.29, 0.717) is 13.0 Å². The van der Waals surface area contributed by atoms with Crippen molar-refractivity contribution in [2.45, 2.75) is 6.42 Å². The largest absolute Gasteiger partial charge is 0.396 e. The van der Waals surface area contributed by atoms with Crippen molar-refractivity contribution >= 4 is 22.9 Å². The number of amides is 1. The molecule has 2 rings (SSSR count). The molecular weight excluding hydrogens is 253 g/mol. The third-order valence-corrected chi connectivity index (χ3v) is 3.21. The fourth-order valence-electron chi connectivity index (χ4n) is 1.43. The van der Waals surface area contributed by atoms with E-state index in [1.165, 1.54) is 23.5 Å². The van der Waals surface area contributed by atoms with Crippen molar-refractivity contribution in [3.63, 3.8) is 0 Å². The number of carbonyl (C=O) groups is 1. The molecule has 0 unspecified atom stereocenters. The normalized spacial score (nSPS) is 10.3. The van der Waals surface area contributed by atoms with Crippen LogP contribution in [0.5, 0.6) is 0 Å². The van der Waals surface area contributed by atoms with E-state index in [-0.39, 0.29) is 17.2 Å². The highest BCUT2D eigenvalue weighted by atomic mass is 32.1. The van der Waals surface area contributed by atoms with Crippen LogP contribution >= 0.6 is 11.3 Å². The van der Waals surface area contributed by atoms with Crippen molar-refractivity contribution in [1.29, 1.82) is 0 Å². The Labute approximate surface area is 108 Å². The molecule has 0 fully saturated rings. The number of halogens is 1. The zero-order chi connectivity index (χ0) is 13.0. The van der Waals surface area contributed by atoms with Crippen LogP contribution in [0.4, 0.5) is 10.1 Å². The first-order chi connectivity index (χ1) is 8.66. The zero-order valence-corrected chi connectivity index (χ0v) is 10.3. The Morgan fingerprint density at radius 1 is 1.50 bits per heavy atom. The molecule has 4 nitrogen and oxygen atoms in total. The molecular formula is C12H12FN3OS. The second-order valence-electron chi connectivity index (χ2n) is 3.67. The Kier molecular flexibility index (Phi) is 3.88. The zero-order valence-electron chi connectivity index (χ0n) is 9.52. The summed E-state index contributed by atoms with van der Waals surface area (Å²) < 4.78 is 13.2. The second-order valence-corrected chi connectivity index (χ2v) is 4.65. The molecule has 0 saturated carbocycles. The second kappa shape index (κ2) is 5.59. The summed E-state index contributed by atoms with van der Waals surface area (Å²) in [5, 5.41) is 5.54. The molecule has 0 spiro atoms. The van der Waals surface area contributed by atoms with E-state index in [4.69, 9.17) is 5.73 Å². The number of hydrogen-bond acceptors (Lipinski definition) is 4. The van der Waals surface area contributed by atoms with E-state index in [0.717, 1.165) is 11.1 Å². The first-order valence-corrected chi connectivity index (χ1v) is 6.26. The molecule has 6 heteroatoms. The third-order valence-electron chi connectivity index (χ3n) is 2.37. The van der Waals surface area contributed by atoms with Crippen LogP contribution in [0.25, 0.3) is 0 Å². The number of nitrogens with two attached hydrogens (primary N) is 1. The molecule has 0 atom stereocenters. The van der Waals surface area contributed by atoms with Crippen LogP contribution < -0.4 is 11.1 Å². The predicted octanol–water partition coefficient (Wildman–Crippen LogP) is 1.84. The summed E-state index contributed by atoms with van der Waals surface area (Å²) in [5.74, 6) is -0.895. The summed E-state index contributed by atoms with van der Waals surface area (Å²) in [4.78, 5) is 15.8. The summed E-state index contributed by atoms with van der Waals surface area (Å²) in [7, 11) is 0. The standard InChI is InChI=1S/C12H12FN3OS/c13-9-7-8(1-2-10(9)14)12(17)16-4-3-11-15-5-6-18-11/h1-2,5-7H,3-4,14H2,(H,16,17). The molecule has 0 radical (unpaired) electrons. The van der Waals surface area contributed by atoms with Crippen molar-refractivity contribution in [1.82, 2.24) is 10.3 Å². The molecule has 1 aromatic carbocycles. The van der Waals surface area contributed by atoms with Gasteiger partial charge in [-0.1, -0.05) is 0 Å². The fraction of sp³-hybridized carbons (Fsp3) is 0.167. The monoisotopic (exact) mass is 265 g/mol.